The van der Waals surface area contributed by atoms with Crippen LogP contribution < -0.4 is 0 Å². The SMILES string of the molecule is CCCCCCCCCCN1CC[N+](C)=C1C(=O)O. The van der Waals surface area contributed by atoms with E-state index in [4.69, 9.17) is 5.11 Å². The summed E-state index contributed by atoms with van der Waals surface area (Å²) >= 11 is 0. The molecule has 0 aromatic heterocycles. The molecular formula is C15H29N2O2+. The van der Waals surface area contributed by atoms with Crippen LogP contribution in [0.2, 0.25) is 0 Å². The fourth-order valence-corrected chi connectivity index (χ4v) is 2.68. The van der Waals surface area contributed by atoms with Crippen molar-refractivity contribution in [1.29, 1.82) is 0 Å². The van der Waals surface area contributed by atoms with E-state index in [1.54, 1.807) is 0 Å². The lowest BCUT2D eigenvalue weighted by Crippen LogP contribution is -2.36. The Kier molecular flexibility index (Phi) is 7.53. The van der Waals surface area contributed by atoms with E-state index in [1.807, 2.05) is 16.5 Å². The summed E-state index contributed by atoms with van der Waals surface area (Å²) in [6, 6.07) is 0. The number of aliphatic carboxylic acids is 1. The molecule has 0 aliphatic carbocycles. The molecule has 0 unspecified atom stereocenters. The van der Waals surface area contributed by atoms with Crippen molar-refractivity contribution in [2.45, 2.75) is 58.3 Å². The Morgan fingerprint density at radius 3 is 2.32 bits per heavy atom. The van der Waals surface area contributed by atoms with E-state index in [1.165, 1.54) is 44.9 Å². The third kappa shape index (κ3) is 5.62. The number of carbonyl (C=O) groups is 1. The molecular weight excluding hydrogens is 240 g/mol. The molecule has 0 saturated heterocycles. The molecule has 0 fully saturated rings. The number of hydrogen-bond acceptors (Lipinski definition) is 2. The molecule has 1 rings (SSSR count). The number of carboxylic acid groups (broad SMARTS) is 1. The molecule has 0 amide bonds. The normalized spacial score (nSPS) is 15.4. The number of amidine groups is 1. The highest BCUT2D eigenvalue weighted by molar-refractivity contribution is 6.32. The summed E-state index contributed by atoms with van der Waals surface area (Å²) in [6.07, 6.45) is 10.3. The summed E-state index contributed by atoms with van der Waals surface area (Å²) < 4.78 is 1.84. The van der Waals surface area contributed by atoms with Crippen molar-refractivity contribution in [1.82, 2.24) is 4.90 Å². The van der Waals surface area contributed by atoms with E-state index < -0.39 is 5.97 Å². The molecule has 1 aliphatic heterocycles. The van der Waals surface area contributed by atoms with Crippen LogP contribution in [0.3, 0.4) is 0 Å². The predicted octanol–water partition coefficient (Wildman–Crippen LogP) is 2.57. The van der Waals surface area contributed by atoms with Crippen LogP contribution in [-0.2, 0) is 4.79 Å². The maximum atomic E-state index is 11.1. The minimum atomic E-state index is -0.792. The monoisotopic (exact) mass is 269 g/mol. The quantitative estimate of drug-likeness (QED) is 0.489. The molecule has 0 saturated carbocycles. The molecule has 4 nitrogen and oxygen atoms in total. The summed E-state index contributed by atoms with van der Waals surface area (Å²) in [5.41, 5.74) is 0. The first-order valence-electron chi connectivity index (χ1n) is 7.73. The zero-order chi connectivity index (χ0) is 14.1. The minimum Gasteiger partial charge on any atom is -0.472 e. The minimum absolute atomic E-state index is 0.475. The van der Waals surface area contributed by atoms with Crippen molar-refractivity contribution in [3.05, 3.63) is 0 Å². The molecule has 1 aliphatic rings. The molecule has 0 radical (unpaired) electrons. The molecule has 0 aromatic carbocycles. The second kappa shape index (κ2) is 8.94. The van der Waals surface area contributed by atoms with Gasteiger partial charge in [0.1, 0.15) is 13.1 Å². The van der Waals surface area contributed by atoms with Gasteiger partial charge in [0.25, 0.3) is 0 Å². The maximum Gasteiger partial charge on any atom is 0.418 e. The first kappa shape index (κ1) is 16.0. The first-order valence-corrected chi connectivity index (χ1v) is 7.73. The van der Waals surface area contributed by atoms with Crippen LogP contribution in [0, 0.1) is 0 Å². The van der Waals surface area contributed by atoms with Gasteiger partial charge in [0.2, 0.25) is 0 Å². The topological polar surface area (TPSA) is 43.5 Å². The number of rotatable bonds is 10. The summed E-state index contributed by atoms with van der Waals surface area (Å²) in [5.74, 6) is -0.317. The molecule has 0 spiro atoms. The van der Waals surface area contributed by atoms with Gasteiger partial charge in [0.05, 0.1) is 13.6 Å². The van der Waals surface area contributed by atoms with E-state index in [2.05, 4.69) is 6.92 Å². The van der Waals surface area contributed by atoms with Crippen LogP contribution in [0.4, 0.5) is 0 Å². The lowest BCUT2D eigenvalue weighted by molar-refractivity contribution is -0.486. The van der Waals surface area contributed by atoms with Crippen molar-refractivity contribution >= 4 is 11.8 Å². The van der Waals surface area contributed by atoms with E-state index in [0.29, 0.717) is 5.84 Å². The smallest absolute Gasteiger partial charge is 0.418 e. The lowest BCUT2D eigenvalue weighted by Gasteiger charge is -2.10. The fraction of sp³-hybridized carbons (Fsp3) is 0.867. The van der Waals surface area contributed by atoms with Gasteiger partial charge in [-0.05, 0) is 12.8 Å². The Balaban J connectivity index is 2.08. The Labute approximate surface area is 117 Å². The number of nitrogens with zero attached hydrogens (tertiary/aromatic N) is 2. The van der Waals surface area contributed by atoms with Crippen molar-refractivity contribution in [3.63, 3.8) is 0 Å². The summed E-state index contributed by atoms with van der Waals surface area (Å²) in [5, 5.41) is 9.16. The predicted molar refractivity (Wildman–Crippen MR) is 77.9 cm³/mol. The number of hydrogen-bond donors (Lipinski definition) is 1. The van der Waals surface area contributed by atoms with Crippen LogP contribution in [0.1, 0.15) is 58.3 Å². The van der Waals surface area contributed by atoms with Gasteiger partial charge in [0, 0.05) is 0 Å². The molecule has 1 heterocycles. The molecule has 110 valence electrons. The average molecular weight is 269 g/mol. The Hall–Kier alpha value is -1.06. The van der Waals surface area contributed by atoms with E-state index >= 15 is 0 Å². The Morgan fingerprint density at radius 1 is 1.16 bits per heavy atom. The highest BCUT2D eigenvalue weighted by atomic mass is 16.4. The highest BCUT2D eigenvalue weighted by Gasteiger charge is 2.33. The standard InChI is InChI=1S/C15H28N2O2/c1-3-4-5-6-7-8-9-10-11-17-13-12-16(2)14(17)15(18)19/h3-13H2,1-2H3/p+1. The van der Waals surface area contributed by atoms with Gasteiger partial charge in [-0.2, -0.15) is 0 Å². The molecule has 4 heteroatoms. The van der Waals surface area contributed by atoms with Crippen LogP contribution in [0.5, 0.6) is 0 Å². The zero-order valence-corrected chi connectivity index (χ0v) is 12.5. The summed E-state index contributed by atoms with van der Waals surface area (Å²) in [6.45, 7) is 4.82. The van der Waals surface area contributed by atoms with Crippen LogP contribution in [0.15, 0.2) is 0 Å². The van der Waals surface area contributed by atoms with Crippen LogP contribution in [-0.4, -0.2) is 53.1 Å². The van der Waals surface area contributed by atoms with Gasteiger partial charge in [-0.1, -0.05) is 45.4 Å². The molecule has 1 N–H and O–H groups in total. The second-order valence-corrected chi connectivity index (χ2v) is 5.51. The number of carboxylic acids is 1. The van der Waals surface area contributed by atoms with Gasteiger partial charge in [-0.15, -0.1) is 0 Å². The van der Waals surface area contributed by atoms with Gasteiger partial charge in [0.15, 0.2) is 0 Å². The molecule has 0 aromatic rings. The fourth-order valence-electron chi connectivity index (χ4n) is 2.68. The van der Waals surface area contributed by atoms with Gasteiger partial charge >= 0.3 is 11.8 Å². The molecule has 19 heavy (non-hydrogen) atoms. The summed E-state index contributed by atoms with van der Waals surface area (Å²) in [7, 11) is 1.86. The second-order valence-electron chi connectivity index (χ2n) is 5.51. The number of unbranched alkanes of at least 4 members (excludes halogenated alkanes) is 7. The third-order valence-corrected chi connectivity index (χ3v) is 3.84. The van der Waals surface area contributed by atoms with Crippen molar-refractivity contribution in [3.8, 4) is 0 Å². The van der Waals surface area contributed by atoms with Crippen molar-refractivity contribution in [2.24, 2.45) is 0 Å². The average Bonchev–Trinajstić information content (AvgIpc) is 2.74. The van der Waals surface area contributed by atoms with Crippen molar-refractivity contribution in [2.75, 3.05) is 26.7 Å². The van der Waals surface area contributed by atoms with Gasteiger partial charge < -0.3 is 5.11 Å². The van der Waals surface area contributed by atoms with E-state index in [9.17, 15) is 4.79 Å². The van der Waals surface area contributed by atoms with Crippen LogP contribution >= 0.6 is 0 Å². The summed E-state index contributed by atoms with van der Waals surface area (Å²) in [4.78, 5) is 13.2. The Morgan fingerprint density at radius 2 is 1.74 bits per heavy atom. The first-order chi connectivity index (χ1) is 9.16. The third-order valence-electron chi connectivity index (χ3n) is 3.84. The lowest BCUT2D eigenvalue weighted by atomic mass is 10.1. The Bertz CT molecular complexity index is 313. The largest absolute Gasteiger partial charge is 0.472 e. The van der Waals surface area contributed by atoms with Gasteiger partial charge in [-0.25, -0.2) is 4.79 Å². The number of likely N-dealkylation sites (N-methyl/N-ethyl adjacent to an activating group) is 1. The van der Waals surface area contributed by atoms with E-state index in [-0.39, 0.29) is 0 Å². The molecule has 0 atom stereocenters. The highest BCUT2D eigenvalue weighted by Crippen LogP contribution is 2.10. The van der Waals surface area contributed by atoms with Crippen LogP contribution in [0.25, 0.3) is 0 Å². The van der Waals surface area contributed by atoms with Gasteiger partial charge in [-0.3, -0.25) is 9.48 Å². The van der Waals surface area contributed by atoms with Crippen molar-refractivity contribution < 1.29 is 14.5 Å². The maximum absolute atomic E-state index is 11.1. The zero-order valence-electron chi connectivity index (χ0n) is 12.5. The molecule has 0 bridgehead atoms. The van der Waals surface area contributed by atoms with E-state index in [0.717, 1.165) is 26.1 Å².